The molecule has 0 radical (unpaired) electrons. The van der Waals surface area contributed by atoms with E-state index < -0.39 is 0 Å². The van der Waals surface area contributed by atoms with Crippen molar-refractivity contribution in [3.05, 3.63) is 54.6 Å². The number of benzene rings is 2. The molecule has 0 aliphatic rings. The molecule has 2 aromatic rings. The fourth-order valence-corrected chi connectivity index (χ4v) is 2.91. The molecule has 0 saturated heterocycles. The summed E-state index contributed by atoms with van der Waals surface area (Å²) in [6.45, 7) is 2.16. The van der Waals surface area contributed by atoms with Crippen molar-refractivity contribution in [2.75, 3.05) is 25.5 Å². The summed E-state index contributed by atoms with van der Waals surface area (Å²) in [7, 11) is 1.82. The third kappa shape index (κ3) is 5.39. The topological polar surface area (TPSA) is 52.6 Å². The maximum absolute atomic E-state index is 12.2. The number of anilines is 1. The van der Waals surface area contributed by atoms with E-state index >= 15 is 0 Å². The number of amides is 1. The Morgan fingerprint density at radius 1 is 1.17 bits per heavy atom. The van der Waals surface area contributed by atoms with Crippen LogP contribution in [0.5, 0.6) is 0 Å². The van der Waals surface area contributed by atoms with Crippen molar-refractivity contribution >= 4 is 23.4 Å². The van der Waals surface area contributed by atoms with Crippen LogP contribution in [0, 0.1) is 0 Å². The van der Waals surface area contributed by atoms with Gasteiger partial charge in [-0.3, -0.25) is 9.69 Å². The van der Waals surface area contributed by atoms with Crippen molar-refractivity contribution in [3.8, 4) is 0 Å². The molecule has 0 aliphatic heterocycles. The van der Waals surface area contributed by atoms with Gasteiger partial charge >= 0.3 is 0 Å². The van der Waals surface area contributed by atoms with E-state index in [2.05, 4.69) is 5.32 Å². The molecular formula is C18H22N2O2S. The van der Waals surface area contributed by atoms with Crippen LogP contribution in [0.25, 0.3) is 0 Å². The molecular weight excluding hydrogens is 308 g/mol. The summed E-state index contributed by atoms with van der Waals surface area (Å²) in [6.07, 6.45) is 0. The molecule has 1 amide bonds. The van der Waals surface area contributed by atoms with Crippen LogP contribution in [0.4, 0.5) is 5.69 Å². The van der Waals surface area contributed by atoms with Crippen molar-refractivity contribution < 1.29 is 9.90 Å². The first-order valence-corrected chi connectivity index (χ1v) is 8.34. The van der Waals surface area contributed by atoms with Crippen LogP contribution in [0.2, 0.25) is 0 Å². The quantitative estimate of drug-likeness (QED) is 0.819. The van der Waals surface area contributed by atoms with Gasteiger partial charge < -0.3 is 10.4 Å². The number of nitrogens with zero attached hydrogens (tertiary/aromatic N) is 1. The molecule has 0 fully saturated rings. The van der Waals surface area contributed by atoms with Gasteiger partial charge in [0, 0.05) is 15.8 Å². The third-order valence-electron chi connectivity index (χ3n) is 3.54. The number of aliphatic hydroxyl groups excluding tert-OH is 1. The van der Waals surface area contributed by atoms with Crippen molar-refractivity contribution in [2.24, 2.45) is 0 Å². The van der Waals surface area contributed by atoms with Gasteiger partial charge in [0.25, 0.3) is 0 Å². The molecule has 2 rings (SSSR count). The van der Waals surface area contributed by atoms with Crippen LogP contribution in [-0.2, 0) is 4.79 Å². The van der Waals surface area contributed by atoms with Gasteiger partial charge in [0.05, 0.1) is 18.8 Å². The molecule has 2 N–H and O–H groups in total. The molecule has 23 heavy (non-hydrogen) atoms. The Hall–Kier alpha value is -1.82. The largest absolute Gasteiger partial charge is 0.395 e. The number of hydrogen-bond donors (Lipinski definition) is 2. The van der Waals surface area contributed by atoms with Crippen LogP contribution in [0.15, 0.2) is 64.4 Å². The normalized spacial score (nSPS) is 12.2. The molecule has 122 valence electrons. The minimum absolute atomic E-state index is 0.0320. The number of hydrogen-bond acceptors (Lipinski definition) is 4. The van der Waals surface area contributed by atoms with E-state index in [0.29, 0.717) is 0 Å². The Kier molecular flexibility index (Phi) is 6.65. The molecule has 5 heteroatoms. The van der Waals surface area contributed by atoms with Crippen LogP contribution < -0.4 is 5.32 Å². The van der Waals surface area contributed by atoms with Crippen LogP contribution in [0.3, 0.4) is 0 Å². The lowest BCUT2D eigenvalue weighted by Crippen LogP contribution is -2.38. The summed E-state index contributed by atoms with van der Waals surface area (Å²) in [5, 5.41) is 12.1. The predicted molar refractivity (Wildman–Crippen MR) is 94.8 cm³/mol. The lowest BCUT2D eigenvalue weighted by atomic mass is 10.3. The molecule has 0 saturated carbocycles. The van der Waals surface area contributed by atoms with Crippen LogP contribution in [-0.4, -0.2) is 42.2 Å². The number of rotatable bonds is 7. The summed E-state index contributed by atoms with van der Waals surface area (Å²) < 4.78 is 0. The first-order chi connectivity index (χ1) is 11.1. The Balaban J connectivity index is 2.04. The van der Waals surface area contributed by atoms with Crippen molar-refractivity contribution in [3.63, 3.8) is 0 Å². The second-order valence-corrected chi connectivity index (χ2v) is 6.52. The summed E-state index contributed by atoms with van der Waals surface area (Å²) >= 11 is 1.62. The number of aliphatic hydroxyl groups is 1. The highest BCUT2D eigenvalue weighted by molar-refractivity contribution is 7.99. The SMILES string of the molecule is CC(CO)N(C)CC(=O)Nc1ccccc1Sc1ccccc1. The maximum atomic E-state index is 12.2. The van der Waals surface area contributed by atoms with Gasteiger partial charge in [-0.2, -0.15) is 0 Å². The first kappa shape index (κ1) is 17.5. The van der Waals surface area contributed by atoms with Crippen molar-refractivity contribution in [1.29, 1.82) is 0 Å². The minimum Gasteiger partial charge on any atom is -0.395 e. The van der Waals surface area contributed by atoms with Gasteiger partial charge in [-0.25, -0.2) is 0 Å². The molecule has 1 unspecified atom stereocenters. The van der Waals surface area contributed by atoms with Gasteiger partial charge in [-0.1, -0.05) is 42.1 Å². The number of likely N-dealkylation sites (N-methyl/N-ethyl adjacent to an activating group) is 1. The standard InChI is InChI=1S/C18H22N2O2S/c1-14(13-21)20(2)12-18(22)19-16-10-6-7-11-17(16)23-15-8-4-3-5-9-15/h3-11,14,21H,12-13H2,1-2H3,(H,19,22). The van der Waals surface area contributed by atoms with E-state index in [4.69, 9.17) is 5.11 Å². The molecule has 0 aromatic heterocycles. The van der Waals surface area contributed by atoms with Gasteiger partial charge in [0.1, 0.15) is 0 Å². The molecule has 0 heterocycles. The fourth-order valence-electron chi connectivity index (χ4n) is 1.99. The Bertz CT molecular complexity index is 634. The maximum Gasteiger partial charge on any atom is 0.238 e. The van der Waals surface area contributed by atoms with E-state index in [9.17, 15) is 4.79 Å². The van der Waals surface area contributed by atoms with Crippen molar-refractivity contribution in [2.45, 2.75) is 22.8 Å². The Morgan fingerprint density at radius 2 is 1.83 bits per heavy atom. The van der Waals surface area contributed by atoms with Crippen LogP contribution in [0.1, 0.15) is 6.92 Å². The molecule has 4 nitrogen and oxygen atoms in total. The summed E-state index contributed by atoms with van der Waals surface area (Å²) in [5.41, 5.74) is 0.802. The predicted octanol–water partition coefficient (Wildman–Crippen LogP) is 3.09. The first-order valence-electron chi connectivity index (χ1n) is 7.53. The fraction of sp³-hybridized carbons (Fsp3) is 0.278. The lowest BCUT2D eigenvalue weighted by Gasteiger charge is -2.22. The van der Waals surface area contributed by atoms with E-state index in [1.54, 1.807) is 11.8 Å². The Morgan fingerprint density at radius 3 is 2.52 bits per heavy atom. The van der Waals surface area contributed by atoms with E-state index in [1.165, 1.54) is 0 Å². The molecule has 1 atom stereocenters. The second-order valence-electron chi connectivity index (χ2n) is 5.41. The zero-order valence-corrected chi connectivity index (χ0v) is 14.2. The van der Waals surface area contributed by atoms with Crippen molar-refractivity contribution in [1.82, 2.24) is 4.90 Å². The number of carbonyl (C=O) groups excluding carboxylic acids is 1. The van der Waals surface area contributed by atoms with E-state index in [0.717, 1.165) is 15.5 Å². The highest BCUT2D eigenvalue weighted by Gasteiger charge is 2.13. The van der Waals surface area contributed by atoms with Gasteiger partial charge in [0.2, 0.25) is 5.91 Å². The van der Waals surface area contributed by atoms with E-state index in [1.807, 2.05) is 73.5 Å². The minimum atomic E-state index is -0.0890. The van der Waals surface area contributed by atoms with Gasteiger partial charge in [0.15, 0.2) is 0 Å². The number of carbonyl (C=O) groups is 1. The molecule has 0 bridgehead atoms. The lowest BCUT2D eigenvalue weighted by molar-refractivity contribution is -0.117. The average Bonchev–Trinajstić information content (AvgIpc) is 2.56. The zero-order valence-electron chi connectivity index (χ0n) is 13.4. The van der Waals surface area contributed by atoms with Crippen LogP contribution >= 0.6 is 11.8 Å². The highest BCUT2D eigenvalue weighted by Crippen LogP contribution is 2.33. The second kappa shape index (κ2) is 8.72. The zero-order chi connectivity index (χ0) is 16.7. The summed E-state index contributed by atoms with van der Waals surface area (Å²) in [5.74, 6) is -0.0890. The Labute approximate surface area is 141 Å². The molecule has 0 aliphatic carbocycles. The summed E-state index contributed by atoms with van der Waals surface area (Å²) in [4.78, 5) is 16.2. The number of para-hydroxylation sites is 1. The van der Waals surface area contributed by atoms with E-state index in [-0.39, 0.29) is 25.1 Å². The molecule has 0 spiro atoms. The summed E-state index contributed by atoms with van der Waals surface area (Å²) in [6, 6.07) is 17.8. The number of nitrogens with one attached hydrogen (secondary N) is 1. The average molecular weight is 330 g/mol. The van der Waals surface area contributed by atoms with Gasteiger partial charge in [-0.05, 0) is 38.2 Å². The third-order valence-corrected chi connectivity index (χ3v) is 4.63. The highest BCUT2D eigenvalue weighted by atomic mass is 32.2. The smallest absolute Gasteiger partial charge is 0.238 e. The molecule has 2 aromatic carbocycles. The monoisotopic (exact) mass is 330 g/mol. The van der Waals surface area contributed by atoms with Gasteiger partial charge in [-0.15, -0.1) is 0 Å².